The highest BCUT2D eigenvalue weighted by molar-refractivity contribution is 7.80. The summed E-state index contributed by atoms with van der Waals surface area (Å²) >= 11 is 3.96. The second-order valence-electron chi connectivity index (χ2n) is 2.79. The monoisotopic (exact) mass is 206 g/mol. The Morgan fingerprint density at radius 3 is 2.79 bits per heavy atom. The molecule has 0 saturated carbocycles. The molecular weight excluding hydrogens is 196 g/mol. The maximum absolute atomic E-state index is 10.7. The van der Waals surface area contributed by atoms with E-state index in [0.717, 1.165) is 11.1 Å². The number of aromatic carboxylic acids is 1. The van der Waals surface area contributed by atoms with E-state index in [2.05, 4.69) is 24.5 Å². The van der Waals surface area contributed by atoms with Crippen LogP contribution in [0.25, 0.3) is 0 Å². The van der Waals surface area contributed by atoms with E-state index in [-0.39, 0.29) is 0 Å². The molecule has 3 heteroatoms. The van der Waals surface area contributed by atoms with E-state index in [1.54, 1.807) is 25.1 Å². The van der Waals surface area contributed by atoms with Crippen LogP contribution in [0.5, 0.6) is 0 Å². The summed E-state index contributed by atoms with van der Waals surface area (Å²) in [5.74, 6) is 5.28. The minimum atomic E-state index is -0.906. The van der Waals surface area contributed by atoms with Crippen LogP contribution in [0, 0.1) is 18.8 Å². The SMILES string of the molecule is Cc1cc(C#CCS)ccc1C(=O)O. The maximum atomic E-state index is 10.7. The van der Waals surface area contributed by atoms with Gasteiger partial charge in [0, 0.05) is 5.56 Å². The third-order valence-electron chi connectivity index (χ3n) is 1.77. The minimum Gasteiger partial charge on any atom is -0.478 e. The molecule has 0 saturated heterocycles. The van der Waals surface area contributed by atoms with Crippen molar-refractivity contribution in [3.8, 4) is 11.8 Å². The molecule has 72 valence electrons. The molecule has 1 aromatic carbocycles. The highest BCUT2D eigenvalue weighted by atomic mass is 32.1. The zero-order chi connectivity index (χ0) is 10.6. The Labute approximate surface area is 88.4 Å². The first-order valence-corrected chi connectivity index (χ1v) is 4.72. The summed E-state index contributed by atoms with van der Waals surface area (Å²) in [4.78, 5) is 10.7. The third-order valence-corrected chi connectivity index (χ3v) is 1.93. The van der Waals surface area contributed by atoms with Gasteiger partial charge in [-0.15, -0.1) is 0 Å². The van der Waals surface area contributed by atoms with Gasteiger partial charge in [0.25, 0.3) is 0 Å². The molecule has 0 aliphatic carbocycles. The van der Waals surface area contributed by atoms with Crippen LogP contribution in [0.1, 0.15) is 21.5 Å². The number of thiol groups is 1. The molecule has 0 amide bonds. The van der Waals surface area contributed by atoms with E-state index in [0.29, 0.717) is 11.3 Å². The number of rotatable bonds is 1. The lowest BCUT2D eigenvalue weighted by Crippen LogP contribution is -1.99. The Morgan fingerprint density at radius 1 is 1.57 bits per heavy atom. The molecule has 0 aliphatic rings. The number of carbonyl (C=O) groups is 1. The van der Waals surface area contributed by atoms with Crippen LogP contribution in [0.4, 0.5) is 0 Å². The summed E-state index contributed by atoms with van der Waals surface area (Å²) in [7, 11) is 0. The Kier molecular flexibility index (Phi) is 3.61. The zero-order valence-corrected chi connectivity index (χ0v) is 8.64. The van der Waals surface area contributed by atoms with Crippen LogP contribution in [0.3, 0.4) is 0 Å². The van der Waals surface area contributed by atoms with Gasteiger partial charge >= 0.3 is 5.97 Å². The Morgan fingerprint density at radius 2 is 2.29 bits per heavy atom. The van der Waals surface area contributed by atoms with E-state index in [4.69, 9.17) is 5.11 Å². The van der Waals surface area contributed by atoms with Crippen molar-refractivity contribution in [2.24, 2.45) is 0 Å². The molecule has 0 aliphatic heterocycles. The number of aryl methyl sites for hydroxylation is 1. The number of hydrogen-bond acceptors (Lipinski definition) is 2. The molecule has 1 N–H and O–H groups in total. The Balaban J connectivity index is 3.06. The second-order valence-corrected chi connectivity index (χ2v) is 3.11. The highest BCUT2D eigenvalue weighted by Crippen LogP contribution is 2.10. The average molecular weight is 206 g/mol. The van der Waals surface area contributed by atoms with Gasteiger partial charge in [-0.3, -0.25) is 0 Å². The predicted molar refractivity (Wildman–Crippen MR) is 58.9 cm³/mol. The van der Waals surface area contributed by atoms with Gasteiger partial charge in [0.1, 0.15) is 0 Å². The summed E-state index contributed by atoms with van der Waals surface area (Å²) in [5.41, 5.74) is 1.87. The molecule has 2 nitrogen and oxygen atoms in total. The lowest BCUT2D eigenvalue weighted by Gasteiger charge is -2.00. The van der Waals surface area contributed by atoms with E-state index < -0.39 is 5.97 Å². The van der Waals surface area contributed by atoms with Crippen molar-refractivity contribution in [3.63, 3.8) is 0 Å². The fourth-order valence-electron chi connectivity index (χ4n) is 1.12. The van der Waals surface area contributed by atoms with Gasteiger partial charge in [0.05, 0.1) is 11.3 Å². The van der Waals surface area contributed by atoms with E-state index in [1.807, 2.05) is 0 Å². The molecule has 0 unspecified atom stereocenters. The smallest absolute Gasteiger partial charge is 0.335 e. The van der Waals surface area contributed by atoms with Crippen LogP contribution >= 0.6 is 12.6 Å². The molecule has 1 aromatic rings. The van der Waals surface area contributed by atoms with Crippen LogP contribution in [0.15, 0.2) is 18.2 Å². The van der Waals surface area contributed by atoms with Crippen molar-refractivity contribution >= 4 is 18.6 Å². The van der Waals surface area contributed by atoms with Crippen LogP contribution in [0.2, 0.25) is 0 Å². The first kappa shape index (κ1) is 10.7. The van der Waals surface area contributed by atoms with E-state index in [1.165, 1.54) is 0 Å². The largest absolute Gasteiger partial charge is 0.478 e. The first-order valence-electron chi connectivity index (χ1n) is 4.09. The molecule has 0 fully saturated rings. The molecule has 0 heterocycles. The van der Waals surface area contributed by atoms with E-state index >= 15 is 0 Å². The van der Waals surface area contributed by atoms with Gasteiger partial charge in [0.15, 0.2) is 0 Å². The predicted octanol–water partition coefficient (Wildman–Crippen LogP) is 1.97. The minimum absolute atomic E-state index is 0.321. The molecule has 1 rings (SSSR count). The first-order chi connectivity index (χ1) is 6.65. The topological polar surface area (TPSA) is 37.3 Å². The number of carboxylic acid groups (broad SMARTS) is 1. The average Bonchev–Trinajstić information content (AvgIpc) is 2.14. The standard InChI is InChI=1S/C11H10O2S/c1-8-7-9(3-2-6-14)4-5-10(8)11(12)13/h4-5,7,14H,6H2,1H3,(H,12,13). The number of hydrogen-bond donors (Lipinski definition) is 2. The van der Waals surface area contributed by atoms with Crippen molar-refractivity contribution in [1.29, 1.82) is 0 Å². The van der Waals surface area contributed by atoms with Gasteiger partial charge in [-0.1, -0.05) is 11.8 Å². The Bertz CT molecular complexity index is 413. The van der Waals surface area contributed by atoms with E-state index in [9.17, 15) is 4.79 Å². The normalized spacial score (nSPS) is 9.00. The summed E-state index contributed by atoms with van der Waals surface area (Å²) in [5, 5.41) is 8.78. The molecule has 0 spiro atoms. The van der Waals surface area contributed by atoms with Crippen molar-refractivity contribution in [1.82, 2.24) is 0 Å². The number of benzene rings is 1. The fraction of sp³-hybridized carbons (Fsp3) is 0.182. The molecule has 0 bridgehead atoms. The van der Waals surface area contributed by atoms with Crippen LogP contribution < -0.4 is 0 Å². The second kappa shape index (κ2) is 4.73. The summed E-state index contributed by atoms with van der Waals surface area (Å²) in [6, 6.07) is 5.03. The molecular formula is C11H10O2S. The highest BCUT2D eigenvalue weighted by Gasteiger charge is 2.05. The lowest BCUT2D eigenvalue weighted by molar-refractivity contribution is 0.0696. The van der Waals surface area contributed by atoms with Gasteiger partial charge in [0.2, 0.25) is 0 Å². The van der Waals surface area contributed by atoms with Crippen molar-refractivity contribution in [2.75, 3.05) is 5.75 Å². The summed E-state index contributed by atoms with van der Waals surface area (Å²) < 4.78 is 0. The molecule has 0 atom stereocenters. The molecule has 0 radical (unpaired) electrons. The number of carboxylic acids is 1. The summed E-state index contributed by atoms with van der Waals surface area (Å²) in [6.07, 6.45) is 0. The van der Waals surface area contributed by atoms with Gasteiger partial charge in [-0.2, -0.15) is 12.6 Å². The Hall–Kier alpha value is -1.40. The quantitative estimate of drug-likeness (QED) is 0.544. The zero-order valence-electron chi connectivity index (χ0n) is 7.74. The lowest BCUT2D eigenvalue weighted by atomic mass is 10.1. The molecule has 0 aromatic heterocycles. The fourth-order valence-corrected chi connectivity index (χ4v) is 1.20. The van der Waals surface area contributed by atoms with Gasteiger partial charge < -0.3 is 5.11 Å². The third kappa shape index (κ3) is 2.54. The van der Waals surface area contributed by atoms with Crippen LogP contribution in [-0.4, -0.2) is 16.8 Å². The van der Waals surface area contributed by atoms with Crippen molar-refractivity contribution in [3.05, 3.63) is 34.9 Å². The summed E-state index contributed by atoms with van der Waals surface area (Å²) in [6.45, 7) is 1.76. The van der Waals surface area contributed by atoms with Crippen LogP contribution in [-0.2, 0) is 0 Å². The van der Waals surface area contributed by atoms with Gasteiger partial charge in [-0.05, 0) is 30.7 Å². The van der Waals surface area contributed by atoms with Crippen molar-refractivity contribution < 1.29 is 9.90 Å². The molecule has 14 heavy (non-hydrogen) atoms. The van der Waals surface area contributed by atoms with Gasteiger partial charge in [-0.25, -0.2) is 4.79 Å². The maximum Gasteiger partial charge on any atom is 0.335 e. The van der Waals surface area contributed by atoms with Crippen molar-refractivity contribution in [2.45, 2.75) is 6.92 Å².